The van der Waals surface area contributed by atoms with Crippen LogP contribution in [0.3, 0.4) is 0 Å². The van der Waals surface area contributed by atoms with E-state index >= 15 is 0 Å². The second-order valence-corrected chi connectivity index (χ2v) is 5.10. The first-order valence-electron chi connectivity index (χ1n) is 4.68. The Labute approximate surface area is 101 Å². The fourth-order valence-electron chi connectivity index (χ4n) is 1.24. The molecule has 0 saturated heterocycles. The van der Waals surface area contributed by atoms with Crippen molar-refractivity contribution >= 4 is 34.3 Å². The number of rotatable bonds is 3. The molecule has 2 rings (SSSR count). The van der Waals surface area contributed by atoms with Gasteiger partial charge in [0, 0.05) is 4.88 Å². The van der Waals surface area contributed by atoms with E-state index in [0.717, 1.165) is 10.6 Å². The fraction of sp³-hybridized carbons (Fsp3) is 0.200. The van der Waals surface area contributed by atoms with Crippen molar-refractivity contribution in [2.75, 3.05) is 5.73 Å². The molecule has 16 heavy (non-hydrogen) atoms. The molecule has 0 bridgehead atoms. The Morgan fingerprint density at radius 2 is 2.38 bits per heavy atom. The topological polar surface area (TPSA) is 68.0 Å². The molecule has 0 radical (unpaired) electrons. The third-order valence-corrected chi connectivity index (χ3v) is 4.02. The van der Waals surface area contributed by atoms with Gasteiger partial charge < -0.3 is 11.1 Å². The van der Waals surface area contributed by atoms with Gasteiger partial charge in [0.2, 0.25) is 0 Å². The number of nitrogens with zero attached hydrogens (tertiary/aromatic N) is 1. The first-order chi connectivity index (χ1) is 7.68. The van der Waals surface area contributed by atoms with Gasteiger partial charge in [0.1, 0.15) is 4.88 Å². The molecule has 0 unspecified atom stereocenters. The van der Waals surface area contributed by atoms with E-state index in [9.17, 15) is 4.79 Å². The van der Waals surface area contributed by atoms with Crippen molar-refractivity contribution in [2.45, 2.75) is 13.5 Å². The van der Waals surface area contributed by atoms with Crippen LogP contribution in [-0.2, 0) is 6.54 Å². The van der Waals surface area contributed by atoms with Crippen LogP contribution in [0.15, 0.2) is 17.0 Å². The zero-order valence-corrected chi connectivity index (χ0v) is 10.3. The minimum atomic E-state index is -0.125. The first kappa shape index (κ1) is 11.1. The molecule has 0 aromatic carbocycles. The maximum atomic E-state index is 11.7. The molecule has 0 atom stereocenters. The van der Waals surface area contributed by atoms with Crippen molar-refractivity contribution in [3.05, 3.63) is 32.4 Å². The monoisotopic (exact) mass is 253 g/mol. The van der Waals surface area contributed by atoms with Crippen molar-refractivity contribution < 1.29 is 4.79 Å². The Morgan fingerprint density at radius 1 is 1.56 bits per heavy atom. The van der Waals surface area contributed by atoms with Gasteiger partial charge in [0.15, 0.2) is 0 Å². The normalized spacial score (nSPS) is 10.3. The predicted molar refractivity (Wildman–Crippen MR) is 66.8 cm³/mol. The van der Waals surface area contributed by atoms with Crippen LogP contribution >= 0.6 is 22.7 Å². The summed E-state index contributed by atoms with van der Waals surface area (Å²) in [7, 11) is 0. The van der Waals surface area contributed by atoms with Crippen LogP contribution in [-0.4, -0.2) is 10.9 Å². The summed E-state index contributed by atoms with van der Waals surface area (Å²) in [6.07, 6.45) is 0. The number of amides is 1. The van der Waals surface area contributed by atoms with E-state index in [0.29, 0.717) is 17.1 Å². The van der Waals surface area contributed by atoms with Gasteiger partial charge in [0.25, 0.3) is 5.91 Å². The number of thiophene rings is 1. The smallest absolute Gasteiger partial charge is 0.263 e. The van der Waals surface area contributed by atoms with E-state index in [4.69, 9.17) is 5.73 Å². The highest BCUT2D eigenvalue weighted by Crippen LogP contribution is 2.19. The van der Waals surface area contributed by atoms with Crippen LogP contribution in [0.5, 0.6) is 0 Å². The number of nitrogen functional groups attached to an aromatic ring is 1. The van der Waals surface area contributed by atoms with Gasteiger partial charge in [-0.2, -0.15) is 0 Å². The number of carbonyl (C=O) groups excluding carboxylic acids is 1. The van der Waals surface area contributed by atoms with E-state index in [1.54, 1.807) is 11.6 Å². The molecular formula is C10H11N3OS2. The molecule has 4 nitrogen and oxygen atoms in total. The highest BCUT2D eigenvalue weighted by Gasteiger charge is 2.11. The summed E-state index contributed by atoms with van der Waals surface area (Å²) in [6.45, 7) is 2.43. The van der Waals surface area contributed by atoms with Gasteiger partial charge in [-0.05, 0) is 18.4 Å². The fourth-order valence-corrected chi connectivity index (χ4v) is 2.69. The number of hydrogen-bond acceptors (Lipinski definition) is 5. The number of nitrogens with two attached hydrogens (primary N) is 1. The van der Waals surface area contributed by atoms with Gasteiger partial charge in [-0.25, -0.2) is 4.98 Å². The molecular weight excluding hydrogens is 242 g/mol. The summed E-state index contributed by atoms with van der Waals surface area (Å²) in [4.78, 5) is 17.5. The lowest BCUT2D eigenvalue weighted by Crippen LogP contribution is -2.22. The van der Waals surface area contributed by atoms with Crippen molar-refractivity contribution in [2.24, 2.45) is 0 Å². The zero-order valence-electron chi connectivity index (χ0n) is 8.69. The number of aromatic nitrogens is 1. The average Bonchev–Trinajstić information content (AvgIpc) is 2.84. The molecule has 1 amide bonds. The maximum absolute atomic E-state index is 11.7. The van der Waals surface area contributed by atoms with Gasteiger partial charge >= 0.3 is 0 Å². The quantitative estimate of drug-likeness (QED) is 0.879. The summed E-state index contributed by atoms with van der Waals surface area (Å²) < 4.78 is 0. The molecule has 0 saturated carbocycles. The van der Waals surface area contributed by atoms with E-state index in [2.05, 4.69) is 10.3 Å². The SMILES string of the molecule is Cc1ncsc1CNC(=O)c1sccc1N. The molecule has 0 aliphatic carbocycles. The summed E-state index contributed by atoms with van der Waals surface area (Å²) in [5.74, 6) is -0.125. The summed E-state index contributed by atoms with van der Waals surface area (Å²) in [5.41, 5.74) is 8.93. The maximum Gasteiger partial charge on any atom is 0.263 e. The largest absolute Gasteiger partial charge is 0.397 e. The van der Waals surface area contributed by atoms with E-state index in [-0.39, 0.29) is 5.91 Å². The van der Waals surface area contributed by atoms with Crippen molar-refractivity contribution in [3.8, 4) is 0 Å². The number of anilines is 1. The average molecular weight is 253 g/mol. The minimum absolute atomic E-state index is 0.125. The summed E-state index contributed by atoms with van der Waals surface area (Å²) in [5, 5.41) is 4.64. The molecule has 0 fully saturated rings. The van der Waals surface area contributed by atoms with Crippen LogP contribution in [0.4, 0.5) is 5.69 Å². The molecule has 2 heterocycles. The lowest BCUT2D eigenvalue weighted by Gasteiger charge is -2.02. The van der Waals surface area contributed by atoms with Crippen molar-refractivity contribution in [1.82, 2.24) is 10.3 Å². The molecule has 84 valence electrons. The van der Waals surface area contributed by atoms with Crippen molar-refractivity contribution in [3.63, 3.8) is 0 Å². The van der Waals surface area contributed by atoms with Gasteiger partial charge in [0.05, 0.1) is 23.4 Å². The van der Waals surface area contributed by atoms with Crippen LogP contribution in [0, 0.1) is 6.92 Å². The molecule has 2 aromatic rings. The van der Waals surface area contributed by atoms with E-state index in [1.807, 2.05) is 12.3 Å². The Kier molecular flexibility index (Phi) is 3.21. The Bertz CT molecular complexity index is 504. The van der Waals surface area contributed by atoms with Crippen LogP contribution in [0.1, 0.15) is 20.2 Å². The number of nitrogens with one attached hydrogen (secondary N) is 1. The molecule has 0 spiro atoms. The van der Waals surface area contributed by atoms with Crippen LogP contribution in [0.25, 0.3) is 0 Å². The number of carbonyl (C=O) groups is 1. The van der Waals surface area contributed by atoms with E-state index < -0.39 is 0 Å². The molecule has 3 N–H and O–H groups in total. The molecule has 0 aliphatic rings. The Balaban J connectivity index is 1.99. The second-order valence-electron chi connectivity index (χ2n) is 3.25. The standard InChI is InChI=1S/C10H11N3OS2/c1-6-8(16-5-13-6)4-12-10(14)9-7(11)2-3-15-9/h2-3,5H,4,11H2,1H3,(H,12,14). The highest BCUT2D eigenvalue weighted by atomic mass is 32.1. The lowest BCUT2D eigenvalue weighted by atomic mass is 10.3. The van der Waals surface area contributed by atoms with Gasteiger partial charge in [-0.3, -0.25) is 4.79 Å². The predicted octanol–water partition coefficient (Wildman–Crippen LogP) is 2.03. The van der Waals surface area contributed by atoms with Gasteiger partial charge in [-0.1, -0.05) is 0 Å². The third kappa shape index (κ3) is 2.23. The molecule has 0 aliphatic heterocycles. The Hall–Kier alpha value is -1.40. The lowest BCUT2D eigenvalue weighted by molar-refractivity contribution is 0.0956. The number of aryl methyl sites for hydroxylation is 1. The summed E-state index contributed by atoms with van der Waals surface area (Å²) >= 11 is 2.89. The van der Waals surface area contributed by atoms with Crippen LogP contribution in [0.2, 0.25) is 0 Å². The number of hydrogen-bond donors (Lipinski definition) is 2. The van der Waals surface area contributed by atoms with Crippen LogP contribution < -0.4 is 11.1 Å². The van der Waals surface area contributed by atoms with E-state index in [1.165, 1.54) is 22.7 Å². The zero-order chi connectivity index (χ0) is 11.5. The molecule has 2 aromatic heterocycles. The van der Waals surface area contributed by atoms with Crippen molar-refractivity contribution in [1.29, 1.82) is 0 Å². The minimum Gasteiger partial charge on any atom is -0.397 e. The second kappa shape index (κ2) is 4.63. The highest BCUT2D eigenvalue weighted by molar-refractivity contribution is 7.12. The third-order valence-electron chi connectivity index (χ3n) is 2.16. The first-order valence-corrected chi connectivity index (χ1v) is 6.44. The molecule has 6 heteroatoms. The Morgan fingerprint density at radius 3 is 2.94 bits per heavy atom. The van der Waals surface area contributed by atoms with Gasteiger partial charge in [-0.15, -0.1) is 22.7 Å². The summed E-state index contributed by atoms with van der Waals surface area (Å²) in [6, 6.07) is 1.73. The number of thiazole rings is 1.